The number of ether oxygens (including phenoxy) is 2. The minimum absolute atomic E-state index is 0. The number of hydrogen-bond acceptors (Lipinski definition) is 16. The fourth-order valence-electron chi connectivity index (χ4n) is 5.86. The molecule has 0 spiro atoms. The van der Waals surface area contributed by atoms with Crippen molar-refractivity contribution in [1.29, 1.82) is 0 Å². The van der Waals surface area contributed by atoms with Gasteiger partial charge in [-0.3, -0.25) is 29.2 Å². The van der Waals surface area contributed by atoms with E-state index >= 15 is 0 Å². The van der Waals surface area contributed by atoms with Crippen LogP contribution in [0.25, 0.3) is 0 Å². The molecule has 6 N–H and O–H groups in total. The maximum Gasteiger partial charge on any atom is 1.00 e. The van der Waals surface area contributed by atoms with Crippen LogP contribution in [-0.4, -0.2) is 93.7 Å². The van der Waals surface area contributed by atoms with Crippen molar-refractivity contribution in [2.45, 2.75) is 29.2 Å². The summed E-state index contributed by atoms with van der Waals surface area (Å²) in [4.78, 5) is 74.8. The van der Waals surface area contributed by atoms with Gasteiger partial charge in [0.05, 0.1) is 17.9 Å². The van der Waals surface area contributed by atoms with Gasteiger partial charge in [-0.2, -0.15) is 0 Å². The predicted octanol–water partition coefficient (Wildman–Crippen LogP) is -3.83. The third-order valence-corrected chi connectivity index (χ3v) is 10.8. The van der Waals surface area contributed by atoms with Crippen molar-refractivity contribution in [3.05, 3.63) is 81.4 Å². The second kappa shape index (κ2) is 16.0. The molecule has 7 rings (SSSR count). The quantitative estimate of drug-likeness (QED) is 0.0523. The number of benzene rings is 2. The number of nitrogens with one attached hydrogen (secondary N) is 3. The van der Waals surface area contributed by atoms with Gasteiger partial charge in [0, 0.05) is 25.1 Å². The second-order valence-electron chi connectivity index (χ2n) is 11.7. The molecule has 20 nitrogen and oxygen atoms in total. The van der Waals surface area contributed by atoms with Gasteiger partial charge in [0.15, 0.2) is 11.5 Å². The van der Waals surface area contributed by atoms with Crippen LogP contribution in [-0.2, 0) is 28.0 Å². The molecule has 4 aromatic rings. The Bertz CT molecular complexity index is 2220. The smallest absolute Gasteiger partial charge is 0.543 e. The molecule has 3 aliphatic rings. The number of phenols is 1. The fourth-order valence-corrected chi connectivity index (χ4v) is 8.19. The van der Waals surface area contributed by atoms with Gasteiger partial charge in [0.25, 0.3) is 11.5 Å². The molecule has 2 aromatic carbocycles. The summed E-state index contributed by atoms with van der Waals surface area (Å²) in [6.07, 6.45) is 1.06. The molecule has 1 fully saturated rings. The number of carbonyl (C=O) groups excluding carboxylic acids is 4. The number of tetrazole rings is 1. The van der Waals surface area contributed by atoms with E-state index in [1.165, 1.54) is 52.5 Å². The number of rotatable bonds is 12. The Kier molecular flexibility index (Phi) is 11.4. The monoisotopic (exact) mass is 785 g/mol. The average Bonchev–Trinajstić information content (AvgIpc) is 3.79. The summed E-state index contributed by atoms with van der Waals surface area (Å²) in [7, 11) is 1.63. The maximum atomic E-state index is 14.1. The number of fused-ring (bicyclic) bond motifs is 2. The standard InChI is InChI=1S/C31H29N11O9S2.Na/c1-40-31(37-38-39-40)53-12-16-11-52-27-21(26(46)42(27)23(16)28(47)48)35-25(45)22(15-3-5-17(43)6-4-15)41(29(32)49)18-10-34-30(36-24(18)44)33-9-14-2-7-19-20(8-14)51-13-50-19;/h2-8,10,21-22,27,43H,9,11-13H2,1H3,(H2,32,49)(H,35,45)(H,47,48)(H2,33,34,36,44);/q;+1/p-1/t21?,22?,27-;/m0./s1. The van der Waals surface area contributed by atoms with E-state index in [9.17, 15) is 34.2 Å². The summed E-state index contributed by atoms with van der Waals surface area (Å²) < 4.78 is 12.1. The van der Waals surface area contributed by atoms with Crippen LogP contribution in [0.5, 0.6) is 17.2 Å². The van der Waals surface area contributed by atoms with Gasteiger partial charge >= 0.3 is 35.6 Å². The number of phenolic OH excluding ortho intramolecular Hbond substituents is 1. The van der Waals surface area contributed by atoms with Gasteiger partial charge in [0.1, 0.15) is 28.9 Å². The number of primary amides is 1. The first-order valence-corrected chi connectivity index (χ1v) is 17.7. The first kappa shape index (κ1) is 38.4. The largest absolute Gasteiger partial charge is 1.00 e. The minimum Gasteiger partial charge on any atom is -0.543 e. The van der Waals surface area contributed by atoms with Crippen molar-refractivity contribution >= 4 is 59.0 Å². The Balaban J connectivity index is 0.00000497. The number of β-lactam (4-membered cyclic amide) rings is 1. The maximum absolute atomic E-state index is 14.1. The minimum atomic E-state index is -1.64. The molecule has 2 unspecified atom stereocenters. The van der Waals surface area contributed by atoms with E-state index in [1.807, 2.05) is 0 Å². The fraction of sp³-hybridized carbons (Fsp3) is 0.258. The van der Waals surface area contributed by atoms with Crippen molar-refractivity contribution in [1.82, 2.24) is 40.4 Å². The number of anilines is 2. The van der Waals surface area contributed by atoms with Crippen molar-refractivity contribution in [3.63, 3.8) is 0 Å². The number of nitrogens with zero attached hydrogens (tertiary/aromatic N) is 7. The number of carbonyl (C=O) groups is 4. The van der Waals surface area contributed by atoms with Crippen LogP contribution in [0.2, 0.25) is 0 Å². The van der Waals surface area contributed by atoms with E-state index in [-0.39, 0.29) is 77.4 Å². The average molecular weight is 786 g/mol. The number of aromatic amines is 1. The van der Waals surface area contributed by atoms with E-state index in [2.05, 4.69) is 36.1 Å². The molecule has 2 aromatic heterocycles. The van der Waals surface area contributed by atoms with Crippen LogP contribution in [0.4, 0.5) is 16.4 Å². The summed E-state index contributed by atoms with van der Waals surface area (Å²) in [5, 5.41) is 38.6. The Hall–Kier alpha value is -5.29. The number of amides is 4. The topological polar surface area (TPSA) is 276 Å². The third-order valence-electron chi connectivity index (χ3n) is 8.38. The number of urea groups is 1. The number of thioether (sulfide) groups is 2. The molecule has 0 bridgehead atoms. The summed E-state index contributed by atoms with van der Waals surface area (Å²) in [5.74, 6) is -1.80. The Morgan fingerprint density at radius 2 is 1.94 bits per heavy atom. The van der Waals surface area contributed by atoms with Crippen molar-refractivity contribution in [2.75, 3.05) is 28.5 Å². The van der Waals surface area contributed by atoms with Gasteiger partial charge in [-0.25, -0.2) is 14.5 Å². The van der Waals surface area contributed by atoms with Gasteiger partial charge in [-0.05, 0) is 51.4 Å². The number of hydrogen-bond donors (Lipinski definition) is 5. The van der Waals surface area contributed by atoms with Crippen LogP contribution < -0.4 is 71.0 Å². The van der Waals surface area contributed by atoms with Gasteiger partial charge in [0.2, 0.25) is 23.8 Å². The number of nitrogens with two attached hydrogens (primary N) is 1. The molecule has 54 heavy (non-hydrogen) atoms. The second-order valence-corrected chi connectivity index (χ2v) is 13.7. The zero-order chi connectivity index (χ0) is 37.4. The van der Waals surface area contributed by atoms with Crippen molar-refractivity contribution < 1.29 is 68.4 Å². The first-order chi connectivity index (χ1) is 25.5. The number of H-pyrrole nitrogens is 1. The summed E-state index contributed by atoms with van der Waals surface area (Å²) in [6, 6.07) is 6.47. The van der Waals surface area contributed by atoms with Gasteiger partial charge < -0.3 is 40.8 Å². The van der Waals surface area contributed by atoms with Crippen LogP contribution in [0.1, 0.15) is 17.2 Å². The number of aromatic hydroxyl groups is 1. The summed E-state index contributed by atoms with van der Waals surface area (Å²) in [5.41, 5.74) is 5.56. The van der Waals surface area contributed by atoms with Crippen LogP contribution in [0, 0.1) is 0 Å². The molecule has 1 saturated heterocycles. The van der Waals surface area contributed by atoms with Crippen molar-refractivity contribution in [3.8, 4) is 17.2 Å². The zero-order valence-electron chi connectivity index (χ0n) is 28.4. The molecule has 0 saturated carbocycles. The summed E-state index contributed by atoms with van der Waals surface area (Å²) in [6.45, 7) is 0.347. The predicted molar refractivity (Wildman–Crippen MR) is 184 cm³/mol. The molecule has 3 aliphatic heterocycles. The van der Waals surface area contributed by atoms with Crippen LogP contribution >= 0.6 is 23.5 Å². The third kappa shape index (κ3) is 7.55. The van der Waals surface area contributed by atoms with E-state index in [0.717, 1.165) is 16.7 Å². The van der Waals surface area contributed by atoms with E-state index in [4.69, 9.17) is 15.2 Å². The molecular weight excluding hydrogens is 758 g/mol. The van der Waals surface area contributed by atoms with Crippen LogP contribution in [0.15, 0.2) is 69.9 Å². The molecule has 274 valence electrons. The molecule has 23 heteroatoms. The number of aliphatic carboxylic acids is 1. The molecule has 0 aliphatic carbocycles. The Labute approximate surface area is 335 Å². The number of aromatic nitrogens is 6. The Morgan fingerprint density at radius 3 is 2.63 bits per heavy atom. The normalized spacial score (nSPS) is 17.5. The van der Waals surface area contributed by atoms with Crippen LogP contribution in [0.3, 0.4) is 0 Å². The first-order valence-electron chi connectivity index (χ1n) is 15.6. The SMILES string of the molecule is Cn1nnnc1SCC1=C(C(=O)[O-])N2C(=O)C(NC(=O)C(c3ccc(O)cc3)N(C(N)=O)c3cnc(NCc4ccc5c(c4)OCO5)[nH]c3=O)[C@@H]2SC1.[Na+]. The molecule has 4 amide bonds. The summed E-state index contributed by atoms with van der Waals surface area (Å²) >= 11 is 2.40. The number of aryl methyl sites for hydroxylation is 1. The number of carboxylic acid groups (broad SMARTS) is 1. The van der Waals surface area contributed by atoms with Crippen molar-refractivity contribution in [2.24, 2.45) is 12.8 Å². The zero-order valence-corrected chi connectivity index (χ0v) is 32.0. The molecular formula is C31H28N11NaO9S2. The van der Waals surface area contributed by atoms with E-state index in [1.54, 1.807) is 25.2 Å². The van der Waals surface area contributed by atoms with E-state index < -0.39 is 52.5 Å². The Morgan fingerprint density at radius 1 is 1.19 bits per heavy atom. The molecule has 5 heterocycles. The van der Waals surface area contributed by atoms with Gasteiger partial charge in [-0.1, -0.05) is 30.0 Å². The molecule has 3 atom stereocenters. The number of carboxylic acids is 1. The van der Waals surface area contributed by atoms with E-state index in [0.29, 0.717) is 27.1 Å². The molecule has 0 radical (unpaired) electrons. The van der Waals surface area contributed by atoms with Gasteiger partial charge in [-0.15, -0.1) is 16.9 Å².